The van der Waals surface area contributed by atoms with E-state index in [9.17, 15) is 29.1 Å². The average molecular weight is 597 g/mol. The van der Waals surface area contributed by atoms with Crippen molar-refractivity contribution in [1.29, 1.82) is 0 Å². The molecule has 0 aliphatic heterocycles. The minimum Gasteiger partial charge on any atom is -0.508 e. The fourth-order valence-corrected chi connectivity index (χ4v) is 4.26. The van der Waals surface area contributed by atoms with Crippen LogP contribution in [0.1, 0.15) is 45.2 Å². The highest BCUT2D eigenvalue weighted by Gasteiger charge is 2.28. The first-order chi connectivity index (χ1) is 20.4. The molecular weight excluding hydrogens is 552 g/mol. The summed E-state index contributed by atoms with van der Waals surface area (Å²) in [5.74, 6) is -2.39. The Bertz CT molecular complexity index is 1220. The molecule has 0 heterocycles. The minimum atomic E-state index is -1.01. The van der Waals surface area contributed by atoms with E-state index in [1.54, 1.807) is 19.1 Å². The van der Waals surface area contributed by atoms with Crippen LogP contribution in [-0.2, 0) is 36.8 Å². The van der Waals surface area contributed by atoms with Crippen LogP contribution in [0, 0.1) is 5.92 Å². The predicted molar refractivity (Wildman–Crippen MR) is 163 cm³/mol. The van der Waals surface area contributed by atoms with Crippen LogP contribution in [0.3, 0.4) is 0 Å². The molecule has 0 aliphatic carbocycles. The number of carbonyl (C=O) groups excluding carboxylic acids is 5. The predicted octanol–water partition coefficient (Wildman–Crippen LogP) is 0.277. The van der Waals surface area contributed by atoms with Gasteiger partial charge in [0.15, 0.2) is 0 Å². The lowest BCUT2D eigenvalue weighted by Crippen LogP contribution is -2.56. The van der Waals surface area contributed by atoms with Gasteiger partial charge in [0.2, 0.25) is 29.5 Å². The van der Waals surface area contributed by atoms with Crippen molar-refractivity contribution in [2.24, 2.45) is 11.7 Å². The maximum Gasteiger partial charge on any atom is 0.243 e. The van der Waals surface area contributed by atoms with Crippen molar-refractivity contribution in [2.75, 3.05) is 13.1 Å². The summed E-state index contributed by atoms with van der Waals surface area (Å²) in [5.41, 5.74) is 7.50. The van der Waals surface area contributed by atoms with Crippen LogP contribution in [0.4, 0.5) is 0 Å². The lowest BCUT2D eigenvalue weighted by atomic mass is 10.0. The number of phenols is 1. The maximum absolute atomic E-state index is 13.3. The molecule has 12 nitrogen and oxygen atoms in total. The van der Waals surface area contributed by atoms with Gasteiger partial charge in [-0.2, -0.15) is 0 Å². The summed E-state index contributed by atoms with van der Waals surface area (Å²) in [4.78, 5) is 63.8. The van der Waals surface area contributed by atoms with Gasteiger partial charge >= 0.3 is 0 Å². The van der Waals surface area contributed by atoms with Crippen LogP contribution in [0.15, 0.2) is 54.6 Å². The first kappa shape index (κ1) is 34.7. The highest BCUT2D eigenvalue weighted by molar-refractivity contribution is 5.94. The minimum absolute atomic E-state index is 0.0952. The number of hydrogen-bond donors (Lipinski definition) is 7. The number of carbonyl (C=O) groups is 5. The lowest BCUT2D eigenvalue weighted by Gasteiger charge is -2.24. The van der Waals surface area contributed by atoms with E-state index in [0.717, 1.165) is 11.1 Å². The van der Waals surface area contributed by atoms with Gasteiger partial charge in [-0.25, -0.2) is 0 Å². The summed E-state index contributed by atoms with van der Waals surface area (Å²) in [7, 11) is 0. The molecule has 2 aromatic carbocycles. The van der Waals surface area contributed by atoms with Crippen molar-refractivity contribution in [1.82, 2.24) is 26.6 Å². The summed E-state index contributed by atoms with van der Waals surface area (Å²) in [6, 6.07) is 11.7. The molecule has 0 fully saturated rings. The van der Waals surface area contributed by atoms with E-state index in [0.29, 0.717) is 13.0 Å². The molecule has 0 spiro atoms. The summed E-state index contributed by atoms with van der Waals surface area (Å²) in [6.45, 7) is 7.10. The van der Waals surface area contributed by atoms with Crippen LogP contribution in [0.2, 0.25) is 0 Å². The molecule has 43 heavy (non-hydrogen) atoms. The average Bonchev–Trinajstić information content (AvgIpc) is 2.96. The lowest BCUT2D eigenvalue weighted by molar-refractivity contribution is -0.133. The molecule has 2 rings (SSSR count). The van der Waals surface area contributed by atoms with Crippen molar-refractivity contribution in [3.63, 3.8) is 0 Å². The maximum atomic E-state index is 13.3. The highest BCUT2D eigenvalue weighted by Crippen LogP contribution is 2.11. The van der Waals surface area contributed by atoms with Crippen molar-refractivity contribution in [3.8, 4) is 5.75 Å². The van der Waals surface area contributed by atoms with Crippen molar-refractivity contribution in [3.05, 3.63) is 65.7 Å². The zero-order valence-electron chi connectivity index (χ0n) is 25.2. The van der Waals surface area contributed by atoms with E-state index in [1.165, 1.54) is 19.1 Å². The molecule has 0 saturated carbocycles. The Balaban J connectivity index is 1.97. The van der Waals surface area contributed by atoms with Gasteiger partial charge in [-0.1, -0.05) is 56.3 Å². The standard InChI is InChI=1S/C31H44N6O6/c1-5-33-30(42)25(15-19(2)3)37-31(43)26(17-21-9-7-6-8-10-21)36-27(39)18-34-28(40)20(4)35-29(41)24(32)16-22-11-13-23(38)14-12-22/h6-14,19-20,24-26,38H,5,15-18,32H2,1-4H3,(H,33,42)(H,34,40)(H,35,41)(H,36,39)(H,37,43)/t20-,24+,25-,26+/m1/s1. The van der Waals surface area contributed by atoms with Crippen molar-refractivity contribution in [2.45, 2.75) is 71.1 Å². The number of phenolic OH excluding ortho intramolecular Hbond substituents is 1. The zero-order valence-corrected chi connectivity index (χ0v) is 25.2. The molecule has 0 aromatic heterocycles. The number of nitrogens with one attached hydrogen (secondary N) is 5. The smallest absolute Gasteiger partial charge is 0.243 e. The zero-order chi connectivity index (χ0) is 31.9. The molecule has 4 atom stereocenters. The second-order valence-electron chi connectivity index (χ2n) is 10.8. The number of rotatable bonds is 16. The molecule has 234 valence electrons. The fraction of sp³-hybridized carbons (Fsp3) is 0.452. The number of likely N-dealkylation sites (N-methyl/N-ethyl adjacent to an activating group) is 1. The van der Waals surface area contributed by atoms with Gasteiger partial charge < -0.3 is 37.4 Å². The molecule has 8 N–H and O–H groups in total. The quantitative estimate of drug-likeness (QED) is 0.145. The third-order valence-electron chi connectivity index (χ3n) is 6.53. The molecule has 0 saturated heterocycles. The number of hydrogen-bond acceptors (Lipinski definition) is 7. The van der Waals surface area contributed by atoms with Crippen LogP contribution in [0.5, 0.6) is 5.75 Å². The van der Waals surface area contributed by atoms with Crippen LogP contribution in [0.25, 0.3) is 0 Å². The second-order valence-corrected chi connectivity index (χ2v) is 10.8. The van der Waals surface area contributed by atoms with Crippen molar-refractivity contribution < 1.29 is 29.1 Å². The number of amides is 5. The Morgan fingerprint density at radius 1 is 0.721 bits per heavy atom. The normalized spacial score (nSPS) is 13.6. The Hall–Kier alpha value is -4.45. The van der Waals surface area contributed by atoms with Crippen LogP contribution < -0.4 is 32.3 Å². The highest BCUT2D eigenvalue weighted by atomic mass is 16.3. The Labute approximate surface area is 252 Å². The fourth-order valence-electron chi connectivity index (χ4n) is 4.26. The SMILES string of the molecule is CCNC(=O)[C@@H](CC(C)C)NC(=O)[C@H](Cc1ccccc1)NC(=O)CNC(=O)[C@@H](C)NC(=O)[C@@H](N)Cc1ccc(O)cc1. The summed E-state index contributed by atoms with van der Waals surface area (Å²) in [5, 5.41) is 22.5. The van der Waals surface area contributed by atoms with Gasteiger partial charge in [0.1, 0.15) is 23.9 Å². The molecule has 0 unspecified atom stereocenters. The molecule has 0 radical (unpaired) electrons. The topological polar surface area (TPSA) is 192 Å². The number of aromatic hydroxyl groups is 1. The number of nitrogens with two attached hydrogens (primary N) is 1. The Morgan fingerprint density at radius 3 is 1.95 bits per heavy atom. The first-order valence-corrected chi connectivity index (χ1v) is 14.4. The van der Waals surface area contributed by atoms with Gasteiger partial charge in [-0.15, -0.1) is 0 Å². The third kappa shape index (κ3) is 12.5. The molecule has 0 bridgehead atoms. The van der Waals surface area contributed by atoms with E-state index in [2.05, 4.69) is 26.6 Å². The Morgan fingerprint density at radius 2 is 1.35 bits per heavy atom. The summed E-state index contributed by atoms with van der Waals surface area (Å²) >= 11 is 0. The van der Waals surface area contributed by atoms with E-state index in [1.807, 2.05) is 44.2 Å². The number of benzene rings is 2. The first-order valence-electron chi connectivity index (χ1n) is 14.4. The monoisotopic (exact) mass is 596 g/mol. The molecular formula is C31H44N6O6. The van der Waals surface area contributed by atoms with Crippen LogP contribution in [-0.4, -0.2) is 71.9 Å². The summed E-state index contributed by atoms with van der Waals surface area (Å²) in [6.07, 6.45) is 0.787. The van der Waals surface area contributed by atoms with Gasteiger partial charge in [-0.05, 0) is 55.9 Å². The van der Waals surface area contributed by atoms with E-state index in [4.69, 9.17) is 5.73 Å². The van der Waals surface area contributed by atoms with Gasteiger partial charge in [0, 0.05) is 13.0 Å². The van der Waals surface area contributed by atoms with Gasteiger partial charge in [0.25, 0.3) is 0 Å². The van der Waals surface area contributed by atoms with E-state index < -0.39 is 54.3 Å². The molecule has 12 heteroatoms. The molecule has 0 aliphatic rings. The van der Waals surface area contributed by atoms with Gasteiger partial charge in [0.05, 0.1) is 12.6 Å². The van der Waals surface area contributed by atoms with E-state index in [-0.39, 0.29) is 30.4 Å². The van der Waals surface area contributed by atoms with Crippen molar-refractivity contribution >= 4 is 29.5 Å². The molecule has 5 amide bonds. The van der Waals surface area contributed by atoms with E-state index >= 15 is 0 Å². The third-order valence-corrected chi connectivity index (χ3v) is 6.53. The largest absolute Gasteiger partial charge is 0.508 e. The summed E-state index contributed by atoms with van der Waals surface area (Å²) < 4.78 is 0. The second kappa shape index (κ2) is 17.5. The Kier molecular flexibility index (Phi) is 14.1. The van der Waals surface area contributed by atoms with Crippen LogP contribution >= 0.6 is 0 Å². The molecule has 2 aromatic rings. The van der Waals surface area contributed by atoms with Gasteiger partial charge in [-0.3, -0.25) is 24.0 Å².